The summed E-state index contributed by atoms with van der Waals surface area (Å²) in [4.78, 5) is 19.3. The van der Waals surface area contributed by atoms with Gasteiger partial charge in [0.25, 0.3) is 5.56 Å². The van der Waals surface area contributed by atoms with Gasteiger partial charge >= 0.3 is 0 Å². The smallest absolute Gasteiger partial charge is 0.262 e. The van der Waals surface area contributed by atoms with E-state index < -0.39 is 5.82 Å². The first-order chi connectivity index (χ1) is 11.5. The molecule has 1 saturated heterocycles. The summed E-state index contributed by atoms with van der Waals surface area (Å²) in [7, 11) is 1.64. The number of ether oxygens (including phenoxy) is 2. The van der Waals surface area contributed by atoms with Crippen LogP contribution in [0.15, 0.2) is 23.5 Å². The molecule has 2 aromatic rings. The highest BCUT2D eigenvalue weighted by Crippen LogP contribution is 2.25. The van der Waals surface area contributed by atoms with Crippen LogP contribution in [0.3, 0.4) is 0 Å². The van der Waals surface area contributed by atoms with Crippen molar-refractivity contribution < 1.29 is 13.9 Å². The molecule has 0 unspecified atom stereocenters. The SMILES string of the molecule is C=C(OCC)c1cc(F)cc2c(=O)n(C)c(N3CCOCC3)nc12. The standard InChI is InChI=1S/C17H20FN3O3/c1-4-24-11(2)13-9-12(18)10-14-15(13)19-17(20(3)16(14)22)21-5-7-23-8-6-21/h9-10H,2,4-8H2,1,3H3. The molecule has 0 N–H and O–H groups in total. The lowest BCUT2D eigenvalue weighted by Crippen LogP contribution is -2.40. The quantitative estimate of drug-likeness (QED) is 0.800. The van der Waals surface area contributed by atoms with Crippen LogP contribution >= 0.6 is 0 Å². The fourth-order valence-corrected chi connectivity index (χ4v) is 2.84. The van der Waals surface area contributed by atoms with Crippen LogP contribution in [0.5, 0.6) is 0 Å². The van der Waals surface area contributed by atoms with Crippen LogP contribution < -0.4 is 10.5 Å². The van der Waals surface area contributed by atoms with Gasteiger partial charge in [0.05, 0.1) is 30.7 Å². The number of fused-ring (bicyclic) bond motifs is 1. The minimum atomic E-state index is -0.517. The summed E-state index contributed by atoms with van der Waals surface area (Å²) < 4.78 is 26.2. The van der Waals surface area contributed by atoms with E-state index in [2.05, 4.69) is 11.6 Å². The highest BCUT2D eigenvalue weighted by molar-refractivity contribution is 5.89. The predicted octanol–water partition coefficient (Wildman–Crippen LogP) is 1.92. The molecule has 0 aliphatic carbocycles. The fourth-order valence-electron chi connectivity index (χ4n) is 2.84. The number of anilines is 1. The van der Waals surface area contributed by atoms with Crippen molar-refractivity contribution in [2.24, 2.45) is 7.05 Å². The molecule has 6 nitrogen and oxygen atoms in total. The maximum atomic E-state index is 14.0. The van der Waals surface area contributed by atoms with E-state index in [-0.39, 0.29) is 10.9 Å². The maximum Gasteiger partial charge on any atom is 0.262 e. The zero-order chi connectivity index (χ0) is 17.3. The minimum Gasteiger partial charge on any atom is -0.494 e. The van der Waals surface area contributed by atoms with Crippen LogP contribution in [-0.2, 0) is 16.5 Å². The van der Waals surface area contributed by atoms with Crippen molar-refractivity contribution in [3.05, 3.63) is 40.4 Å². The predicted molar refractivity (Wildman–Crippen MR) is 90.6 cm³/mol. The Morgan fingerprint density at radius 3 is 2.79 bits per heavy atom. The number of nitrogens with zero attached hydrogens (tertiary/aromatic N) is 3. The molecule has 1 aliphatic rings. The van der Waals surface area contributed by atoms with Gasteiger partial charge < -0.3 is 14.4 Å². The lowest BCUT2D eigenvalue weighted by molar-refractivity contribution is 0.121. The molecule has 0 saturated carbocycles. The summed E-state index contributed by atoms with van der Waals surface area (Å²) in [5.41, 5.74) is 0.505. The van der Waals surface area contributed by atoms with Gasteiger partial charge in [-0.1, -0.05) is 6.58 Å². The lowest BCUT2D eigenvalue weighted by atomic mass is 10.1. The lowest BCUT2D eigenvalue weighted by Gasteiger charge is -2.29. The minimum absolute atomic E-state index is 0.213. The first kappa shape index (κ1) is 16.4. The van der Waals surface area contributed by atoms with Gasteiger partial charge in [0, 0.05) is 25.7 Å². The van der Waals surface area contributed by atoms with Crippen LogP contribution in [0.4, 0.5) is 10.3 Å². The van der Waals surface area contributed by atoms with Crippen LogP contribution in [-0.4, -0.2) is 42.5 Å². The Bertz CT molecular complexity index is 841. The second kappa shape index (κ2) is 6.60. The average Bonchev–Trinajstić information content (AvgIpc) is 2.59. The Balaban J connectivity index is 2.24. The van der Waals surface area contributed by atoms with E-state index in [1.54, 1.807) is 7.05 Å². The summed E-state index contributed by atoms with van der Waals surface area (Å²) in [5, 5.41) is 0.213. The van der Waals surface area contributed by atoms with E-state index >= 15 is 0 Å². The third kappa shape index (κ3) is 2.87. The Morgan fingerprint density at radius 1 is 1.42 bits per heavy atom. The van der Waals surface area contributed by atoms with Crippen LogP contribution in [0.25, 0.3) is 16.7 Å². The Hall–Kier alpha value is -2.41. The topological polar surface area (TPSA) is 56.6 Å². The molecule has 0 spiro atoms. The molecule has 0 amide bonds. The molecule has 3 rings (SSSR count). The van der Waals surface area contributed by atoms with Gasteiger partial charge in [0.15, 0.2) is 0 Å². The summed E-state index contributed by atoms with van der Waals surface area (Å²) in [6.07, 6.45) is 0. The summed E-state index contributed by atoms with van der Waals surface area (Å²) in [6, 6.07) is 2.51. The van der Waals surface area contributed by atoms with E-state index in [0.29, 0.717) is 55.7 Å². The number of morpholine rings is 1. The largest absolute Gasteiger partial charge is 0.494 e. The van der Waals surface area contributed by atoms with Crippen molar-refractivity contribution >= 4 is 22.6 Å². The van der Waals surface area contributed by atoms with Crippen LogP contribution in [0.2, 0.25) is 0 Å². The molecule has 0 radical (unpaired) electrons. The van der Waals surface area contributed by atoms with Gasteiger partial charge in [-0.3, -0.25) is 9.36 Å². The first-order valence-corrected chi connectivity index (χ1v) is 7.88. The van der Waals surface area contributed by atoms with Crippen LogP contribution in [0.1, 0.15) is 12.5 Å². The van der Waals surface area contributed by atoms with Crippen molar-refractivity contribution in [3.63, 3.8) is 0 Å². The molecule has 1 fully saturated rings. The zero-order valence-electron chi connectivity index (χ0n) is 13.8. The van der Waals surface area contributed by atoms with Gasteiger partial charge in [0.1, 0.15) is 11.6 Å². The Kier molecular flexibility index (Phi) is 4.53. The molecular weight excluding hydrogens is 313 g/mol. The number of rotatable bonds is 4. The highest BCUT2D eigenvalue weighted by Gasteiger charge is 2.20. The first-order valence-electron chi connectivity index (χ1n) is 7.88. The molecule has 1 aliphatic heterocycles. The summed E-state index contributed by atoms with van der Waals surface area (Å²) in [6.45, 7) is 8.50. The second-order valence-corrected chi connectivity index (χ2v) is 5.58. The highest BCUT2D eigenvalue weighted by atomic mass is 19.1. The third-order valence-electron chi connectivity index (χ3n) is 4.03. The van der Waals surface area contributed by atoms with Crippen molar-refractivity contribution in [1.82, 2.24) is 9.55 Å². The maximum absolute atomic E-state index is 14.0. The molecule has 1 aromatic heterocycles. The number of hydrogen-bond acceptors (Lipinski definition) is 5. The van der Waals surface area contributed by atoms with E-state index in [0.717, 1.165) is 0 Å². The Labute approximate surface area is 139 Å². The number of aromatic nitrogens is 2. The van der Waals surface area contributed by atoms with E-state index in [4.69, 9.17) is 9.47 Å². The van der Waals surface area contributed by atoms with Gasteiger partial charge in [0.2, 0.25) is 5.95 Å². The van der Waals surface area contributed by atoms with E-state index in [1.807, 2.05) is 11.8 Å². The number of benzene rings is 1. The third-order valence-corrected chi connectivity index (χ3v) is 4.03. The van der Waals surface area contributed by atoms with Crippen molar-refractivity contribution in [2.75, 3.05) is 37.8 Å². The molecule has 1 aromatic carbocycles. The molecule has 0 bridgehead atoms. The normalized spacial score (nSPS) is 14.9. The monoisotopic (exact) mass is 333 g/mol. The van der Waals surface area contributed by atoms with Crippen molar-refractivity contribution in [2.45, 2.75) is 6.92 Å². The zero-order valence-corrected chi connectivity index (χ0v) is 13.8. The molecule has 7 heteroatoms. The van der Waals surface area contributed by atoms with E-state index in [1.165, 1.54) is 16.7 Å². The van der Waals surface area contributed by atoms with Crippen LogP contribution in [0, 0.1) is 5.82 Å². The fraction of sp³-hybridized carbons (Fsp3) is 0.412. The molecule has 24 heavy (non-hydrogen) atoms. The second-order valence-electron chi connectivity index (χ2n) is 5.58. The molecule has 0 atom stereocenters. The van der Waals surface area contributed by atoms with Gasteiger partial charge in [-0.2, -0.15) is 0 Å². The number of hydrogen-bond donors (Lipinski definition) is 0. The Morgan fingerprint density at radius 2 is 2.12 bits per heavy atom. The average molecular weight is 333 g/mol. The van der Waals surface area contributed by atoms with E-state index in [9.17, 15) is 9.18 Å². The molecular formula is C17H20FN3O3. The molecule has 2 heterocycles. The van der Waals surface area contributed by atoms with Gasteiger partial charge in [-0.25, -0.2) is 9.37 Å². The van der Waals surface area contributed by atoms with Crippen molar-refractivity contribution in [3.8, 4) is 0 Å². The van der Waals surface area contributed by atoms with Crippen molar-refractivity contribution in [1.29, 1.82) is 0 Å². The number of halogens is 1. The summed E-state index contributed by atoms with van der Waals surface area (Å²) >= 11 is 0. The van der Waals surface area contributed by atoms with Gasteiger partial charge in [-0.05, 0) is 19.1 Å². The molecule has 128 valence electrons. The van der Waals surface area contributed by atoms with Gasteiger partial charge in [-0.15, -0.1) is 0 Å². The summed E-state index contributed by atoms with van der Waals surface area (Å²) in [5.74, 6) is 0.319.